The van der Waals surface area contributed by atoms with E-state index >= 15 is 0 Å². The smallest absolute Gasteiger partial charge is 0.408 e. The number of benzene rings is 2. The summed E-state index contributed by atoms with van der Waals surface area (Å²) in [7, 11) is 1.32. The normalized spacial score (nSPS) is 11.2. The number of rotatable bonds is 7. The Kier molecular flexibility index (Phi) is 7.37. The van der Waals surface area contributed by atoms with Gasteiger partial charge in [0.25, 0.3) is 0 Å². The lowest BCUT2D eigenvalue weighted by molar-refractivity contribution is -0.122. The lowest BCUT2D eigenvalue weighted by atomic mass is 10.1. The highest BCUT2D eigenvalue weighted by molar-refractivity contribution is 5.89. The number of esters is 1. The predicted octanol–water partition coefficient (Wildman–Crippen LogP) is 2.40. The van der Waals surface area contributed by atoms with Crippen LogP contribution in [0.1, 0.15) is 28.4 Å². The number of nitrogens with one attached hydrogen (secondary N) is 2. The highest BCUT2D eigenvalue weighted by Gasteiger charge is 2.16. The molecule has 0 aromatic heterocycles. The van der Waals surface area contributed by atoms with E-state index < -0.39 is 18.1 Å². The molecule has 7 heteroatoms. The Balaban J connectivity index is 1.74. The van der Waals surface area contributed by atoms with Crippen LogP contribution in [0.5, 0.6) is 0 Å². The number of carbonyl (C=O) groups is 3. The minimum Gasteiger partial charge on any atom is -0.465 e. The van der Waals surface area contributed by atoms with Gasteiger partial charge in [0, 0.05) is 6.54 Å². The van der Waals surface area contributed by atoms with Crippen molar-refractivity contribution in [2.24, 2.45) is 0 Å². The van der Waals surface area contributed by atoms with Crippen molar-refractivity contribution in [1.82, 2.24) is 10.6 Å². The first-order chi connectivity index (χ1) is 13.0. The summed E-state index contributed by atoms with van der Waals surface area (Å²) in [4.78, 5) is 35.3. The van der Waals surface area contributed by atoms with Gasteiger partial charge in [0.2, 0.25) is 5.91 Å². The average Bonchev–Trinajstić information content (AvgIpc) is 2.71. The molecule has 2 amide bonds. The molecular formula is C20H22N2O5. The Labute approximate surface area is 157 Å². The van der Waals surface area contributed by atoms with E-state index in [1.807, 2.05) is 30.3 Å². The quantitative estimate of drug-likeness (QED) is 0.730. The molecule has 0 aliphatic carbocycles. The third-order valence-corrected chi connectivity index (χ3v) is 3.78. The van der Waals surface area contributed by atoms with Crippen LogP contribution in [0.15, 0.2) is 54.6 Å². The molecule has 2 rings (SSSR count). The molecule has 0 radical (unpaired) electrons. The minimum absolute atomic E-state index is 0.132. The number of hydrogen-bond acceptors (Lipinski definition) is 5. The van der Waals surface area contributed by atoms with Crippen LogP contribution in [-0.2, 0) is 27.4 Å². The molecule has 0 bridgehead atoms. The van der Waals surface area contributed by atoms with Gasteiger partial charge in [-0.05, 0) is 30.2 Å². The van der Waals surface area contributed by atoms with Gasteiger partial charge in [-0.15, -0.1) is 0 Å². The molecule has 0 saturated heterocycles. The summed E-state index contributed by atoms with van der Waals surface area (Å²) in [6.45, 7) is 1.97. The molecule has 0 aliphatic rings. The first-order valence-corrected chi connectivity index (χ1v) is 8.41. The number of alkyl carbamates (subject to hydrolysis) is 1. The molecule has 0 aliphatic heterocycles. The summed E-state index contributed by atoms with van der Waals surface area (Å²) in [6, 6.07) is 15.2. The molecule has 0 saturated carbocycles. The molecule has 0 fully saturated rings. The average molecular weight is 370 g/mol. The second kappa shape index (κ2) is 9.96. The van der Waals surface area contributed by atoms with Gasteiger partial charge in [0.15, 0.2) is 0 Å². The molecular weight excluding hydrogens is 348 g/mol. The van der Waals surface area contributed by atoms with Crippen molar-refractivity contribution in [1.29, 1.82) is 0 Å². The van der Waals surface area contributed by atoms with Crippen molar-refractivity contribution in [3.8, 4) is 0 Å². The Bertz CT molecular complexity index is 775. The lowest BCUT2D eigenvalue weighted by Gasteiger charge is -2.14. The second-order valence-corrected chi connectivity index (χ2v) is 5.83. The van der Waals surface area contributed by atoms with Crippen molar-refractivity contribution >= 4 is 18.0 Å². The first kappa shape index (κ1) is 20.0. The van der Waals surface area contributed by atoms with E-state index in [0.29, 0.717) is 5.56 Å². The van der Waals surface area contributed by atoms with E-state index in [9.17, 15) is 14.4 Å². The van der Waals surface area contributed by atoms with Crippen molar-refractivity contribution < 1.29 is 23.9 Å². The number of methoxy groups -OCH3 is 1. The molecule has 142 valence electrons. The summed E-state index contributed by atoms with van der Waals surface area (Å²) in [5.41, 5.74) is 2.11. The summed E-state index contributed by atoms with van der Waals surface area (Å²) >= 11 is 0. The maximum Gasteiger partial charge on any atom is 0.408 e. The van der Waals surface area contributed by atoms with Gasteiger partial charge in [0.05, 0.1) is 12.7 Å². The predicted molar refractivity (Wildman–Crippen MR) is 98.9 cm³/mol. The molecule has 0 heterocycles. The standard InChI is InChI=1S/C20H22N2O5/c1-14(22-20(25)27-13-16-6-4-3-5-7-16)18(23)21-12-15-8-10-17(11-9-15)19(24)26-2/h3-11,14H,12-13H2,1-2H3,(H,21,23)(H,22,25)/t14-/m0/s1. The Morgan fingerprint density at radius 2 is 1.63 bits per heavy atom. The number of ether oxygens (including phenoxy) is 2. The van der Waals surface area contributed by atoms with Crippen LogP contribution in [-0.4, -0.2) is 31.1 Å². The van der Waals surface area contributed by atoms with Crippen molar-refractivity contribution in [2.75, 3.05) is 7.11 Å². The largest absolute Gasteiger partial charge is 0.465 e. The van der Waals surface area contributed by atoms with Crippen LogP contribution >= 0.6 is 0 Å². The van der Waals surface area contributed by atoms with Crippen molar-refractivity contribution in [3.05, 3.63) is 71.3 Å². The van der Waals surface area contributed by atoms with Gasteiger partial charge >= 0.3 is 12.1 Å². The Morgan fingerprint density at radius 3 is 2.26 bits per heavy atom. The van der Waals surface area contributed by atoms with Gasteiger partial charge in [0.1, 0.15) is 12.6 Å². The molecule has 0 unspecified atom stereocenters. The van der Waals surface area contributed by atoms with Gasteiger partial charge in [-0.1, -0.05) is 42.5 Å². The highest BCUT2D eigenvalue weighted by atomic mass is 16.5. The first-order valence-electron chi connectivity index (χ1n) is 8.41. The van der Waals surface area contributed by atoms with E-state index in [2.05, 4.69) is 15.4 Å². The Hall–Kier alpha value is -3.35. The van der Waals surface area contributed by atoms with E-state index in [0.717, 1.165) is 11.1 Å². The van der Waals surface area contributed by atoms with Crippen LogP contribution in [0.3, 0.4) is 0 Å². The fourth-order valence-corrected chi connectivity index (χ4v) is 2.23. The fourth-order valence-electron chi connectivity index (χ4n) is 2.23. The lowest BCUT2D eigenvalue weighted by Crippen LogP contribution is -2.44. The summed E-state index contributed by atoms with van der Waals surface area (Å²) in [5.74, 6) is -0.763. The van der Waals surface area contributed by atoms with E-state index in [1.54, 1.807) is 31.2 Å². The van der Waals surface area contributed by atoms with Crippen LogP contribution < -0.4 is 10.6 Å². The SMILES string of the molecule is COC(=O)c1ccc(CNC(=O)[C@H](C)NC(=O)OCc2ccccc2)cc1. The van der Waals surface area contributed by atoms with E-state index in [-0.39, 0.29) is 19.1 Å². The monoisotopic (exact) mass is 370 g/mol. The third-order valence-electron chi connectivity index (χ3n) is 3.78. The summed E-state index contributed by atoms with van der Waals surface area (Å²) < 4.78 is 9.71. The zero-order chi connectivity index (χ0) is 19.6. The molecule has 1 atom stereocenters. The molecule has 27 heavy (non-hydrogen) atoms. The molecule has 2 aromatic carbocycles. The highest BCUT2D eigenvalue weighted by Crippen LogP contribution is 2.06. The molecule has 2 aromatic rings. The Morgan fingerprint density at radius 1 is 0.963 bits per heavy atom. The summed E-state index contributed by atoms with van der Waals surface area (Å²) in [5, 5.41) is 5.20. The molecule has 2 N–H and O–H groups in total. The van der Waals surface area contributed by atoms with Crippen LogP contribution in [0.2, 0.25) is 0 Å². The van der Waals surface area contributed by atoms with Gasteiger partial charge in [-0.25, -0.2) is 9.59 Å². The maximum absolute atomic E-state index is 12.1. The zero-order valence-electron chi connectivity index (χ0n) is 15.2. The van der Waals surface area contributed by atoms with Crippen molar-refractivity contribution in [2.45, 2.75) is 26.1 Å². The fraction of sp³-hybridized carbons (Fsp3) is 0.250. The number of amides is 2. The van der Waals surface area contributed by atoms with E-state index in [4.69, 9.17) is 4.74 Å². The van der Waals surface area contributed by atoms with Crippen LogP contribution in [0.4, 0.5) is 4.79 Å². The molecule has 7 nitrogen and oxygen atoms in total. The third kappa shape index (κ3) is 6.47. The number of carbonyl (C=O) groups excluding carboxylic acids is 3. The minimum atomic E-state index is -0.748. The van der Waals surface area contributed by atoms with Gasteiger partial charge in [-0.2, -0.15) is 0 Å². The number of hydrogen-bond donors (Lipinski definition) is 2. The zero-order valence-corrected chi connectivity index (χ0v) is 15.2. The maximum atomic E-state index is 12.1. The second-order valence-electron chi connectivity index (χ2n) is 5.83. The van der Waals surface area contributed by atoms with Crippen LogP contribution in [0, 0.1) is 0 Å². The topological polar surface area (TPSA) is 93.7 Å². The van der Waals surface area contributed by atoms with Gasteiger partial charge < -0.3 is 20.1 Å². The molecule has 0 spiro atoms. The van der Waals surface area contributed by atoms with E-state index in [1.165, 1.54) is 7.11 Å². The van der Waals surface area contributed by atoms with Crippen molar-refractivity contribution in [3.63, 3.8) is 0 Å². The summed E-state index contributed by atoms with van der Waals surface area (Å²) in [6.07, 6.45) is -0.663. The van der Waals surface area contributed by atoms with Crippen LogP contribution in [0.25, 0.3) is 0 Å². The van der Waals surface area contributed by atoms with Gasteiger partial charge in [-0.3, -0.25) is 4.79 Å².